The summed E-state index contributed by atoms with van der Waals surface area (Å²) in [7, 11) is 0. The zero-order chi connectivity index (χ0) is 19.9. The van der Waals surface area contributed by atoms with E-state index in [1.807, 2.05) is 31.2 Å². The lowest BCUT2D eigenvalue weighted by Gasteiger charge is -2.15. The molecule has 3 aromatic rings. The lowest BCUT2D eigenvalue weighted by atomic mass is 10.1. The van der Waals surface area contributed by atoms with Crippen molar-refractivity contribution in [2.75, 3.05) is 6.61 Å². The fourth-order valence-electron chi connectivity index (χ4n) is 3.20. The molecule has 28 heavy (non-hydrogen) atoms. The number of rotatable bonds is 9. The Hall–Kier alpha value is -2.82. The molecule has 5 nitrogen and oxygen atoms in total. The molecule has 5 heteroatoms. The first kappa shape index (κ1) is 19.9. The van der Waals surface area contributed by atoms with Crippen LogP contribution in [0.2, 0.25) is 0 Å². The van der Waals surface area contributed by atoms with Gasteiger partial charge in [0, 0.05) is 6.42 Å². The smallest absolute Gasteiger partial charge is 0.220 e. The van der Waals surface area contributed by atoms with Gasteiger partial charge in [-0.1, -0.05) is 31.2 Å². The van der Waals surface area contributed by atoms with Gasteiger partial charge in [0.05, 0.1) is 23.7 Å². The van der Waals surface area contributed by atoms with E-state index in [-0.39, 0.29) is 11.9 Å². The van der Waals surface area contributed by atoms with Gasteiger partial charge >= 0.3 is 0 Å². The predicted molar refractivity (Wildman–Crippen MR) is 113 cm³/mol. The van der Waals surface area contributed by atoms with Gasteiger partial charge in [0.15, 0.2) is 0 Å². The highest BCUT2D eigenvalue weighted by atomic mass is 16.5. The van der Waals surface area contributed by atoms with Crippen LogP contribution in [-0.4, -0.2) is 22.5 Å². The molecule has 0 aliphatic rings. The average Bonchev–Trinajstić information content (AvgIpc) is 3.12. The van der Waals surface area contributed by atoms with Crippen molar-refractivity contribution in [2.45, 2.75) is 52.5 Å². The quantitative estimate of drug-likeness (QED) is 0.514. The Morgan fingerprint density at radius 2 is 2.00 bits per heavy atom. The van der Waals surface area contributed by atoms with E-state index in [0.29, 0.717) is 13.0 Å². The van der Waals surface area contributed by atoms with Crippen LogP contribution in [0.4, 0.5) is 0 Å². The second-order valence-corrected chi connectivity index (χ2v) is 7.24. The van der Waals surface area contributed by atoms with Crippen molar-refractivity contribution in [3.05, 3.63) is 59.4 Å². The van der Waals surface area contributed by atoms with Crippen molar-refractivity contribution >= 4 is 16.9 Å². The maximum Gasteiger partial charge on any atom is 0.220 e. The Labute approximate surface area is 166 Å². The summed E-state index contributed by atoms with van der Waals surface area (Å²) in [4.78, 5) is 20.3. The number of hydrogen-bond acceptors (Lipinski definition) is 3. The number of carbonyl (C=O) groups is 1. The molecule has 2 N–H and O–H groups in total. The third-order valence-electron chi connectivity index (χ3n) is 4.88. The molecule has 0 saturated carbocycles. The monoisotopic (exact) mass is 379 g/mol. The molecule has 1 heterocycles. The molecule has 0 aliphatic carbocycles. The van der Waals surface area contributed by atoms with E-state index < -0.39 is 0 Å². The normalized spacial score (nSPS) is 12.1. The van der Waals surface area contributed by atoms with Crippen molar-refractivity contribution in [3.63, 3.8) is 0 Å². The molecule has 1 amide bonds. The number of nitrogens with one attached hydrogen (secondary N) is 2. The van der Waals surface area contributed by atoms with E-state index in [0.717, 1.165) is 47.4 Å². The van der Waals surface area contributed by atoms with Crippen LogP contribution in [0, 0.1) is 13.8 Å². The number of para-hydroxylation sites is 2. The highest BCUT2D eigenvalue weighted by Gasteiger charge is 2.16. The van der Waals surface area contributed by atoms with Crippen molar-refractivity contribution in [1.29, 1.82) is 0 Å². The summed E-state index contributed by atoms with van der Waals surface area (Å²) >= 11 is 0. The van der Waals surface area contributed by atoms with Crippen LogP contribution >= 0.6 is 0 Å². The lowest BCUT2D eigenvalue weighted by Crippen LogP contribution is -2.28. The molecule has 3 rings (SSSR count). The second-order valence-electron chi connectivity index (χ2n) is 7.24. The third-order valence-corrected chi connectivity index (χ3v) is 4.88. The Kier molecular flexibility index (Phi) is 6.69. The molecule has 0 aliphatic heterocycles. The molecule has 1 unspecified atom stereocenters. The van der Waals surface area contributed by atoms with E-state index in [1.54, 1.807) is 0 Å². The molecule has 2 aromatic carbocycles. The molecule has 0 radical (unpaired) electrons. The number of unbranched alkanes of at least 4 members (excludes halogenated alkanes) is 1. The second kappa shape index (κ2) is 9.40. The van der Waals surface area contributed by atoms with Gasteiger partial charge in [-0.25, -0.2) is 4.98 Å². The van der Waals surface area contributed by atoms with E-state index in [2.05, 4.69) is 47.3 Å². The van der Waals surface area contributed by atoms with E-state index in [9.17, 15) is 4.79 Å². The van der Waals surface area contributed by atoms with Gasteiger partial charge in [0.1, 0.15) is 11.6 Å². The summed E-state index contributed by atoms with van der Waals surface area (Å²) in [6, 6.07) is 14.0. The van der Waals surface area contributed by atoms with E-state index in [4.69, 9.17) is 4.74 Å². The van der Waals surface area contributed by atoms with Crippen molar-refractivity contribution in [2.24, 2.45) is 0 Å². The van der Waals surface area contributed by atoms with E-state index >= 15 is 0 Å². The first-order chi connectivity index (χ1) is 13.6. The predicted octanol–water partition coefficient (Wildman–Crippen LogP) is 5.00. The summed E-state index contributed by atoms with van der Waals surface area (Å²) in [5.41, 5.74) is 4.25. The first-order valence-electron chi connectivity index (χ1n) is 10.0. The van der Waals surface area contributed by atoms with Gasteiger partial charge in [-0.05, 0) is 62.4 Å². The molecule has 1 aromatic heterocycles. The van der Waals surface area contributed by atoms with Gasteiger partial charge < -0.3 is 15.0 Å². The fourth-order valence-corrected chi connectivity index (χ4v) is 3.20. The molecule has 0 fully saturated rings. The molecular weight excluding hydrogens is 350 g/mol. The Bertz CT molecular complexity index is 899. The standard InChI is InChI=1S/C23H29N3O2/c1-4-18(23-25-19-9-5-6-10-20(19)26-23)24-22(27)11-7-8-14-28-21-15-16(2)12-13-17(21)3/h5-6,9-10,12-13,15,18H,4,7-8,11,14H2,1-3H3,(H,24,27)(H,25,26). The van der Waals surface area contributed by atoms with Crippen molar-refractivity contribution < 1.29 is 9.53 Å². The first-order valence-corrected chi connectivity index (χ1v) is 10.0. The Morgan fingerprint density at radius 3 is 2.79 bits per heavy atom. The number of benzene rings is 2. The minimum atomic E-state index is -0.0916. The largest absolute Gasteiger partial charge is 0.493 e. The molecule has 0 spiro atoms. The van der Waals surface area contributed by atoms with Crippen LogP contribution in [0.25, 0.3) is 11.0 Å². The van der Waals surface area contributed by atoms with Gasteiger partial charge in [-0.3, -0.25) is 4.79 Å². The zero-order valence-corrected chi connectivity index (χ0v) is 16.9. The molecule has 148 valence electrons. The summed E-state index contributed by atoms with van der Waals surface area (Å²) in [6.07, 6.45) is 2.93. The molecule has 0 saturated heterocycles. The summed E-state index contributed by atoms with van der Waals surface area (Å²) in [5.74, 6) is 1.80. The minimum absolute atomic E-state index is 0.0547. The number of aromatic amines is 1. The zero-order valence-electron chi connectivity index (χ0n) is 16.9. The van der Waals surface area contributed by atoms with Crippen LogP contribution in [0.15, 0.2) is 42.5 Å². The van der Waals surface area contributed by atoms with Gasteiger partial charge in [-0.2, -0.15) is 0 Å². The number of fused-ring (bicyclic) bond motifs is 1. The maximum atomic E-state index is 12.3. The van der Waals surface area contributed by atoms with Crippen LogP contribution in [0.5, 0.6) is 5.75 Å². The number of imidazole rings is 1. The van der Waals surface area contributed by atoms with E-state index in [1.165, 1.54) is 5.56 Å². The minimum Gasteiger partial charge on any atom is -0.493 e. The summed E-state index contributed by atoms with van der Waals surface area (Å²) in [6.45, 7) is 6.78. The third kappa shape index (κ3) is 5.12. The Morgan fingerprint density at radius 1 is 1.18 bits per heavy atom. The topological polar surface area (TPSA) is 67.0 Å². The van der Waals surface area contributed by atoms with Crippen molar-refractivity contribution in [3.8, 4) is 5.75 Å². The van der Waals surface area contributed by atoms with Gasteiger partial charge in [-0.15, -0.1) is 0 Å². The SMILES string of the molecule is CCC(NC(=O)CCCCOc1cc(C)ccc1C)c1nc2ccccc2[nH]1. The number of carbonyl (C=O) groups excluding carboxylic acids is 1. The fraction of sp³-hybridized carbons (Fsp3) is 0.391. The van der Waals surface area contributed by atoms with Gasteiger partial charge in [0.2, 0.25) is 5.91 Å². The maximum absolute atomic E-state index is 12.3. The number of aromatic nitrogens is 2. The summed E-state index contributed by atoms with van der Waals surface area (Å²) < 4.78 is 5.86. The van der Waals surface area contributed by atoms with Crippen LogP contribution in [0.1, 0.15) is 55.6 Å². The number of aryl methyl sites for hydroxylation is 2. The molecule has 1 atom stereocenters. The number of hydrogen-bond donors (Lipinski definition) is 2. The number of nitrogens with zero attached hydrogens (tertiary/aromatic N) is 1. The molecular formula is C23H29N3O2. The van der Waals surface area contributed by atoms with Gasteiger partial charge in [0.25, 0.3) is 0 Å². The van der Waals surface area contributed by atoms with Crippen LogP contribution < -0.4 is 10.1 Å². The lowest BCUT2D eigenvalue weighted by molar-refractivity contribution is -0.122. The highest BCUT2D eigenvalue weighted by molar-refractivity contribution is 5.77. The van der Waals surface area contributed by atoms with Crippen LogP contribution in [0.3, 0.4) is 0 Å². The number of H-pyrrole nitrogens is 1. The van der Waals surface area contributed by atoms with Crippen molar-refractivity contribution in [1.82, 2.24) is 15.3 Å². The average molecular weight is 380 g/mol. The van der Waals surface area contributed by atoms with Crippen LogP contribution in [-0.2, 0) is 4.79 Å². The Balaban J connectivity index is 1.43. The number of ether oxygens (including phenoxy) is 1. The number of amides is 1. The molecule has 0 bridgehead atoms. The summed E-state index contributed by atoms with van der Waals surface area (Å²) in [5, 5.41) is 3.10. The highest BCUT2D eigenvalue weighted by Crippen LogP contribution is 2.20.